The van der Waals surface area contributed by atoms with Gasteiger partial charge in [0.15, 0.2) is 0 Å². The van der Waals surface area contributed by atoms with Crippen LogP contribution in [0.1, 0.15) is 27.2 Å². The third kappa shape index (κ3) is 4.10. The summed E-state index contributed by atoms with van der Waals surface area (Å²) in [5.41, 5.74) is 0.385. The Balaban J connectivity index is 0.000000168. The second kappa shape index (κ2) is 5.15. The van der Waals surface area contributed by atoms with E-state index >= 15 is 0 Å². The molecule has 0 unspecified atom stereocenters. The lowest BCUT2D eigenvalue weighted by molar-refractivity contribution is -0.138. The largest absolute Gasteiger partial charge is 0.462 e. The van der Waals surface area contributed by atoms with E-state index in [0.717, 1.165) is 0 Å². The van der Waals surface area contributed by atoms with Gasteiger partial charge in [-0.25, -0.2) is 0 Å². The van der Waals surface area contributed by atoms with E-state index in [4.69, 9.17) is 0 Å². The Morgan fingerprint density at radius 3 is 2.25 bits per heavy atom. The van der Waals surface area contributed by atoms with Crippen molar-refractivity contribution in [1.29, 1.82) is 0 Å². The third-order valence-electron chi connectivity index (χ3n) is 2.94. The Morgan fingerprint density at radius 2 is 2.00 bits per heavy atom. The average molecular weight is 228 g/mol. The maximum absolute atomic E-state index is 9.60. The minimum Gasteiger partial charge on any atom is -0.462 e. The van der Waals surface area contributed by atoms with Crippen molar-refractivity contribution in [2.24, 2.45) is 5.41 Å². The molecule has 2 heterocycles. The highest BCUT2D eigenvalue weighted by molar-refractivity contribution is 5.37. The summed E-state index contributed by atoms with van der Waals surface area (Å²) in [6.07, 6.45) is 1.40. The Labute approximate surface area is 98.3 Å². The highest BCUT2D eigenvalue weighted by Gasteiger charge is 2.42. The van der Waals surface area contributed by atoms with Gasteiger partial charge in [0.2, 0.25) is 0 Å². The van der Waals surface area contributed by atoms with Crippen molar-refractivity contribution >= 4 is 6.47 Å². The quantitative estimate of drug-likeness (QED) is 0.676. The number of ether oxygens (including phenoxy) is 1. The molecule has 2 aliphatic rings. The number of likely N-dealkylation sites (tertiary alicyclic amines) is 1. The van der Waals surface area contributed by atoms with Gasteiger partial charge in [-0.1, -0.05) is 0 Å². The van der Waals surface area contributed by atoms with Crippen LogP contribution in [-0.4, -0.2) is 50.2 Å². The fourth-order valence-electron chi connectivity index (χ4n) is 2.31. The summed E-state index contributed by atoms with van der Waals surface area (Å²) in [4.78, 5) is 12.0. The molecular formula is C12H24N2O2. The molecule has 4 heteroatoms. The van der Waals surface area contributed by atoms with Crippen LogP contribution in [0.15, 0.2) is 0 Å². The van der Waals surface area contributed by atoms with E-state index in [1.807, 2.05) is 20.8 Å². The molecule has 94 valence electrons. The van der Waals surface area contributed by atoms with Crippen molar-refractivity contribution in [2.45, 2.75) is 32.8 Å². The van der Waals surface area contributed by atoms with Crippen LogP contribution >= 0.6 is 0 Å². The fourth-order valence-corrected chi connectivity index (χ4v) is 2.31. The first-order valence-corrected chi connectivity index (χ1v) is 5.88. The Bertz CT molecular complexity index is 222. The standard InChI is InChI=1S/C7H14N2.C5H10O2/c1-9-5-7(6-9)2-3-8-4-7;1-5(2,3)7-4-6/h8H,2-6H2,1H3;4H,1-3H3. The number of nitrogens with one attached hydrogen (secondary N) is 1. The summed E-state index contributed by atoms with van der Waals surface area (Å²) >= 11 is 0. The second-order valence-corrected chi connectivity index (χ2v) is 5.93. The first-order chi connectivity index (χ1) is 7.37. The minimum atomic E-state index is -0.318. The molecule has 0 aliphatic carbocycles. The van der Waals surface area contributed by atoms with Gasteiger partial charge in [-0.05, 0) is 40.8 Å². The van der Waals surface area contributed by atoms with Crippen molar-refractivity contribution < 1.29 is 9.53 Å². The van der Waals surface area contributed by atoms with Crippen molar-refractivity contribution in [1.82, 2.24) is 10.2 Å². The molecule has 4 nitrogen and oxygen atoms in total. The van der Waals surface area contributed by atoms with E-state index in [0.29, 0.717) is 11.9 Å². The molecule has 2 saturated heterocycles. The molecular weight excluding hydrogens is 204 g/mol. The summed E-state index contributed by atoms with van der Waals surface area (Å²) in [6.45, 7) is 11.1. The SMILES string of the molecule is CC(C)(C)OC=O.CN1CC2(CCNC2)C1. The van der Waals surface area contributed by atoms with E-state index in [2.05, 4.69) is 22.0 Å². The van der Waals surface area contributed by atoms with E-state index in [1.54, 1.807) is 0 Å². The van der Waals surface area contributed by atoms with Gasteiger partial charge >= 0.3 is 0 Å². The zero-order valence-corrected chi connectivity index (χ0v) is 10.9. The smallest absolute Gasteiger partial charge is 0.293 e. The zero-order chi connectivity index (χ0) is 12.2. The monoisotopic (exact) mass is 228 g/mol. The van der Waals surface area contributed by atoms with E-state index in [-0.39, 0.29) is 5.60 Å². The Hall–Kier alpha value is -0.610. The minimum absolute atomic E-state index is 0.318. The third-order valence-corrected chi connectivity index (χ3v) is 2.94. The lowest BCUT2D eigenvalue weighted by Crippen LogP contribution is -2.55. The predicted molar refractivity (Wildman–Crippen MR) is 64.3 cm³/mol. The van der Waals surface area contributed by atoms with Crippen molar-refractivity contribution in [3.8, 4) is 0 Å². The summed E-state index contributed by atoms with van der Waals surface area (Å²) < 4.78 is 4.55. The molecule has 2 rings (SSSR count). The normalized spacial score (nSPS) is 23.2. The van der Waals surface area contributed by atoms with Gasteiger partial charge in [0, 0.05) is 25.0 Å². The number of nitrogens with zero attached hydrogens (tertiary/aromatic N) is 1. The van der Waals surface area contributed by atoms with Crippen LogP contribution in [0.3, 0.4) is 0 Å². The van der Waals surface area contributed by atoms with E-state index in [9.17, 15) is 4.79 Å². The molecule has 0 bridgehead atoms. The summed E-state index contributed by atoms with van der Waals surface area (Å²) in [7, 11) is 2.20. The maximum atomic E-state index is 9.60. The number of hydrogen-bond donors (Lipinski definition) is 1. The number of carbonyl (C=O) groups excluding carboxylic acids is 1. The topological polar surface area (TPSA) is 41.6 Å². The van der Waals surface area contributed by atoms with Crippen LogP contribution in [0.2, 0.25) is 0 Å². The summed E-state index contributed by atoms with van der Waals surface area (Å²) in [5, 5.41) is 3.41. The fraction of sp³-hybridized carbons (Fsp3) is 0.917. The van der Waals surface area contributed by atoms with Gasteiger partial charge in [0.25, 0.3) is 6.47 Å². The maximum Gasteiger partial charge on any atom is 0.293 e. The van der Waals surface area contributed by atoms with Crippen molar-refractivity contribution in [3.05, 3.63) is 0 Å². The first-order valence-electron chi connectivity index (χ1n) is 5.88. The molecule has 2 aliphatic heterocycles. The lowest BCUT2D eigenvalue weighted by atomic mass is 9.80. The first kappa shape index (κ1) is 13.5. The number of hydrogen-bond acceptors (Lipinski definition) is 4. The predicted octanol–water partition coefficient (Wildman–Crippen LogP) is 0.869. The van der Waals surface area contributed by atoms with Crippen LogP contribution in [0.4, 0.5) is 0 Å². The lowest BCUT2D eigenvalue weighted by Gasteiger charge is -2.45. The highest BCUT2D eigenvalue weighted by Crippen LogP contribution is 2.34. The van der Waals surface area contributed by atoms with Crippen LogP contribution in [0.5, 0.6) is 0 Å². The second-order valence-electron chi connectivity index (χ2n) is 5.93. The molecule has 1 N–H and O–H groups in total. The molecule has 1 spiro atoms. The van der Waals surface area contributed by atoms with Gasteiger partial charge in [0.1, 0.15) is 5.60 Å². The molecule has 0 aromatic rings. The zero-order valence-electron chi connectivity index (χ0n) is 10.9. The van der Waals surface area contributed by atoms with Gasteiger partial charge in [0.05, 0.1) is 0 Å². The molecule has 0 aromatic carbocycles. The Morgan fingerprint density at radius 1 is 1.38 bits per heavy atom. The molecule has 0 aromatic heterocycles. The molecule has 16 heavy (non-hydrogen) atoms. The van der Waals surface area contributed by atoms with Gasteiger partial charge in [-0.3, -0.25) is 4.79 Å². The van der Waals surface area contributed by atoms with Gasteiger partial charge < -0.3 is 15.0 Å². The van der Waals surface area contributed by atoms with E-state index in [1.165, 1.54) is 32.6 Å². The van der Waals surface area contributed by atoms with Crippen molar-refractivity contribution in [3.63, 3.8) is 0 Å². The number of carbonyl (C=O) groups is 1. The van der Waals surface area contributed by atoms with Crippen LogP contribution in [0, 0.1) is 5.41 Å². The van der Waals surface area contributed by atoms with Gasteiger partial charge in [-0.2, -0.15) is 0 Å². The summed E-state index contributed by atoms with van der Waals surface area (Å²) in [5.74, 6) is 0. The number of rotatable bonds is 1. The molecule has 0 saturated carbocycles. The van der Waals surface area contributed by atoms with Crippen LogP contribution in [-0.2, 0) is 9.53 Å². The van der Waals surface area contributed by atoms with Crippen LogP contribution in [0.25, 0.3) is 0 Å². The highest BCUT2D eigenvalue weighted by atomic mass is 16.5. The van der Waals surface area contributed by atoms with Crippen molar-refractivity contribution in [2.75, 3.05) is 33.2 Å². The van der Waals surface area contributed by atoms with Crippen LogP contribution < -0.4 is 5.32 Å². The molecule has 0 atom stereocenters. The average Bonchev–Trinajstić information content (AvgIpc) is 2.51. The Kier molecular flexibility index (Phi) is 4.33. The molecule has 2 fully saturated rings. The molecule has 0 amide bonds. The summed E-state index contributed by atoms with van der Waals surface area (Å²) in [6, 6.07) is 0. The van der Waals surface area contributed by atoms with E-state index < -0.39 is 0 Å². The molecule has 0 radical (unpaired) electrons. The van der Waals surface area contributed by atoms with Gasteiger partial charge in [-0.15, -0.1) is 0 Å².